The number of hydrogen-bond acceptors (Lipinski definition) is 7. The molecular weight excluding hydrogens is 378 g/mol. The molecule has 0 aliphatic carbocycles. The molecule has 3 aromatic heterocycles. The Kier molecular flexibility index (Phi) is 4.51. The highest BCUT2D eigenvalue weighted by molar-refractivity contribution is 5.82. The highest BCUT2D eigenvalue weighted by Gasteiger charge is 2.13. The maximum atomic E-state index is 5.38. The summed E-state index contributed by atoms with van der Waals surface area (Å²) in [4.78, 5) is 10.2. The van der Waals surface area contributed by atoms with Gasteiger partial charge in [0.05, 0.1) is 5.52 Å². The van der Waals surface area contributed by atoms with Crippen molar-refractivity contribution in [2.45, 2.75) is 26.3 Å². The zero-order chi connectivity index (χ0) is 20.5. The Morgan fingerprint density at radius 3 is 2.63 bits per heavy atom. The second-order valence-electron chi connectivity index (χ2n) is 7.34. The molecule has 0 spiro atoms. The van der Waals surface area contributed by atoms with Gasteiger partial charge in [0.25, 0.3) is 5.89 Å². The molecule has 30 heavy (non-hydrogen) atoms. The maximum Gasteiger partial charge on any atom is 0.250 e. The molecule has 0 aliphatic rings. The largest absolute Gasteiger partial charge is 0.337 e. The first-order chi connectivity index (χ1) is 14.7. The monoisotopic (exact) mass is 397 g/mol. The van der Waals surface area contributed by atoms with Gasteiger partial charge in [-0.05, 0) is 41.0 Å². The van der Waals surface area contributed by atoms with E-state index in [4.69, 9.17) is 4.52 Å². The summed E-state index contributed by atoms with van der Waals surface area (Å²) in [7, 11) is 0. The van der Waals surface area contributed by atoms with Crippen molar-refractivity contribution in [3.05, 3.63) is 72.2 Å². The van der Waals surface area contributed by atoms with Crippen LogP contribution in [0.5, 0.6) is 0 Å². The van der Waals surface area contributed by atoms with Gasteiger partial charge in [0.15, 0.2) is 0 Å². The van der Waals surface area contributed by atoms with Gasteiger partial charge in [0.2, 0.25) is 11.6 Å². The predicted octanol–water partition coefficient (Wildman–Crippen LogP) is 4.11. The van der Waals surface area contributed by atoms with Crippen LogP contribution in [-0.2, 0) is 6.54 Å². The van der Waals surface area contributed by atoms with Crippen LogP contribution in [0, 0.1) is 0 Å². The van der Waals surface area contributed by atoms with E-state index in [2.05, 4.69) is 56.5 Å². The lowest BCUT2D eigenvalue weighted by atomic mass is 10.0. The van der Waals surface area contributed by atoms with Gasteiger partial charge < -0.3 is 4.52 Å². The Hall–Kier alpha value is -3.94. The smallest absolute Gasteiger partial charge is 0.250 e. The molecule has 0 atom stereocenters. The lowest BCUT2D eigenvalue weighted by molar-refractivity contribution is 0.356. The van der Waals surface area contributed by atoms with Crippen LogP contribution in [0.15, 0.2) is 65.3 Å². The molecule has 0 unspecified atom stereocenters. The number of nitrogens with zero attached hydrogens (tertiary/aromatic N) is 7. The summed E-state index contributed by atoms with van der Waals surface area (Å²) in [5.41, 5.74) is 3.98. The van der Waals surface area contributed by atoms with Gasteiger partial charge in [0.1, 0.15) is 6.54 Å². The summed E-state index contributed by atoms with van der Waals surface area (Å²) in [5.74, 6) is 1.98. The average molecular weight is 397 g/mol. The van der Waals surface area contributed by atoms with Crippen molar-refractivity contribution in [3.8, 4) is 22.8 Å². The lowest BCUT2D eigenvalue weighted by Crippen LogP contribution is -2.04. The Labute approximate surface area is 172 Å². The van der Waals surface area contributed by atoms with E-state index < -0.39 is 0 Å². The number of tetrazole rings is 1. The number of pyridine rings is 1. The van der Waals surface area contributed by atoms with Gasteiger partial charge in [-0.25, -0.2) is 0 Å². The minimum atomic E-state index is 0.249. The molecule has 0 aliphatic heterocycles. The molecule has 148 valence electrons. The molecule has 8 heteroatoms. The minimum absolute atomic E-state index is 0.249. The molecule has 0 N–H and O–H groups in total. The molecule has 0 amide bonds. The van der Waals surface area contributed by atoms with Crippen molar-refractivity contribution < 1.29 is 4.52 Å². The van der Waals surface area contributed by atoms with Crippen LogP contribution in [0.3, 0.4) is 0 Å². The molecule has 0 radical (unpaired) electrons. The fraction of sp³-hybridized carbons (Fsp3) is 0.182. The first-order valence-corrected chi connectivity index (χ1v) is 9.71. The Morgan fingerprint density at radius 1 is 0.967 bits per heavy atom. The van der Waals surface area contributed by atoms with Crippen LogP contribution in [0.4, 0.5) is 0 Å². The molecule has 0 saturated heterocycles. The first kappa shape index (κ1) is 18.1. The number of rotatable bonds is 5. The highest BCUT2D eigenvalue weighted by Crippen LogP contribution is 2.22. The minimum Gasteiger partial charge on any atom is -0.337 e. The van der Waals surface area contributed by atoms with E-state index in [1.165, 1.54) is 10.4 Å². The van der Waals surface area contributed by atoms with E-state index in [9.17, 15) is 0 Å². The molecule has 0 bridgehead atoms. The zero-order valence-corrected chi connectivity index (χ0v) is 16.6. The molecule has 5 rings (SSSR count). The molecule has 8 nitrogen and oxygen atoms in total. The van der Waals surface area contributed by atoms with Crippen molar-refractivity contribution in [1.29, 1.82) is 0 Å². The summed E-state index contributed by atoms with van der Waals surface area (Å²) in [6.45, 7) is 4.57. The van der Waals surface area contributed by atoms with E-state index in [0.717, 1.165) is 22.0 Å². The fourth-order valence-electron chi connectivity index (χ4n) is 3.21. The Bertz CT molecular complexity index is 1300. The standard InChI is InChI=1S/C22H19N7O/c1-14(2)15-5-7-16(8-6-15)21-24-20(30-27-21)13-29-26-22(25-28-29)18-9-10-19-17(12-18)4-3-11-23-19/h3-12,14H,13H2,1-2H3. The molecular formula is C22H19N7O. The van der Waals surface area contributed by atoms with Crippen LogP contribution in [0.1, 0.15) is 31.2 Å². The normalized spacial score (nSPS) is 11.4. The van der Waals surface area contributed by atoms with Gasteiger partial charge in [0, 0.05) is 22.7 Å². The van der Waals surface area contributed by atoms with Crippen molar-refractivity contribution in [2.75, 3.05) is 0 Å². The van der Waals surface area contributed by atoms with Gasteiger partial charge in [-0.15, -0.1) is 10.2 Å². The van der Waals surface area contributed by atoms with E-state index in [-0.39, 0.29) is 6.54 Å². The number of aromatic nitrogens is 7. The topological polar surface area (TPSA) is 95.4 Å². The summed E-state index contributed by atoms with van der Waals surface area (Å²) < 4.78 is 5.38. The summed E-state index contributed by atoms with van der Waals surface area (Å²) in [6, 6.07) is 18.0. The summed E-state index contributed by atoms with van der Waals surface area (Å²) in [5, 5.41) is 17.8. The highest BCUT2D eigenvalue weighted by atomic mass is 16.5. The van der Waals surface area contributed by atoms with Crippen molar-refractivity contribution in [3.63, 3.8) is 0 Å². The molecule has 2 aromatic carbocycles. The quantitative estimate of drug-likeness (QED) is 0.440. The second kappa shape index (κ2) is 7.47. The van der Waals surface area contributed by atoms with Gasteiger partial charge in [-0.2, -0.15) is 9.78 Å². The van der Waals surface area contributed by atoms with Crippen LogP contribution in [0.2, 0.25) is 0 Å². The number of hydrogen-bond donors (Lipinski definition) is 0. The molecule has 0 saturated carbocycles. The number of benzene rings is 2. The van der Waals surface area contributed by atoms with Crippen LogP contribution < -0.4 is 0 Å². The third kappa shape index (κ3) is 3.55. The van der Waals surface area contributed by atoms with Crippen LogP contribution in [0.25, 0.3) is 33.7 Å². The van der Waals surface area contributed by atoms with Crippen molar-refractivity contribution in [2.24, 2.45) is 0 Å². The summed E-state index contributed by atoms with van der Waals surface area (Å²) >= 11 is 0. The second-order valence-corrected chi connectivity index (χ2v) is 7.34. The third-order valence-electron chi connectivity index (χ3n) is 4.89. The fourth-order valence-corrected chi connectivity index (χ4v) is 3.21. The van der Waals surface area contributed by atoms with Gasteiger partial charge in [-0.3, -0.25) is 4.98 Å². The van der Waals surface area contributed by atoms with Gasteiger partial charge in [-0.1, -0.05) is 49.3 Å². The van der Waals surface area contributed by atoms with E-state index in [1.807, 2.05) is 42.5 Å². The first-order valence-electron chi connectivity index (χ1n) is 9.71. The third-order valence-corrected chi connectivity index (χ3v) is 4.89. The maximum absolute atomic E-state index is 5.38. The average Bonchev–Trinajstić information content (AvgIpc) is 3.44. The molecule has 3 heterocycles. The zero-order valence-electron chi connectivity index (χ0n) is 16.6. The van der Waals surface area contributed by atoms with E-state index in [0.29, 0.717) is 23.5 Å². The van der Waals surface area contributed by atoms with E-state index in [1.54, 1.807) is 6.20 Å². The van der Waals surface area contributed by atoms with Crippen molar-refractivity contribution in [1.82, 2.24) is 35.3 Å². The Morgan fingerprint density at radius 2 is 1.80 bits per heavy atom. The lowest BCUT2D eigenvalue weighted by Gasteiger charge is -2.04. The summed E-state index contributed by atoms with van der Waals surface area (Å²) in [6.07, 6.45) is 1.77. The molecule has 0 fully saturated rings. The predicted molar refractivity (Wildman–Crippen MR) is 111 cm³/mol. The van der Waals surface area contributed by atoms with E-state index >= 15 is 0 Å². The van der Waals surface area contributed by atoms with Crippen molar-refractivity contribution >= 4 is 10.9 Å². The SMILES string of the molecule is CC(C)c1ccc(-c2noc(Cn3nnc(-c4ccc5ncccc5c4)n3)n2)cc1. The van der Waals surface area contributed by atoms with Gasteiger partial charge >= 0.3 is 0 Å². The van der Waals surface area contributed by atoms with Crippen LogP contribution >= 0.6 is 0 Å². The molecule has 5 aromatic rings. The number of fused-ring (bicyclic) bond motifs is 1. The Balaban J connectivity index is 1.34. The van der Waals surface area contributed by atoms with Crippen LogP contribution in [-0.4, -0.2) is 35.3 Å².